The van der Waals surface area contributed by atoms with Crippen molar-refractivity contribution in [2.45, 2.75) is 64.5 Å². The van der Waals surface area contributed by atoms with Crippen molar-refractivity contribution in [1.29, 1.82) is 0 Å². The molecule has 1 rings (SSSR count). The summed E-state index contributed by atoms with van der Waals surface area (Å²) in [4.78, 5) is 0. The molecule has 4 heteroatoms. The minimum absolute atomic E-state index is 0.196. The normalized spacial score (nSPS) is 14.1. The van der Waals surface area contributed by atoms with E-state index in [1.54, 1.807) is 0 Å². The molecule has 0 fully saturated rings. The molecule has 0 saturated heterocycles. The van der Waals surface area contributed by atoms with Crippen molar-refractivity contribution in [3.05, 3.63) is 35.9 Å². The van der Waals surface area contributed by atoms with Crippen LogP contribution in [0.1, 0.15) is 39.2 Å². The zero-order chi connectivity index (χ0) is 16.6. The van der Waals surface area contributed by atoms with Crippen LogP contribution >= 0.6 is 15.9 Å². The van der Waals surface area contributed by atoms with Gasteiger partial charge in [0, 0.05) is 5.33 Å². The third-order valence-electron chi connectivity index (χ3n) is 4.34. The van der Waals surface area contributed by atoms with Crippen molar-refractivity contribution in [2.24, 2.45) is 0 Å². The van der Waals surface area contributed by atoms with E-state index in [0.29, 0.717) is 13.2 Å². The van der Waals surface area contributed by atoms with Crippen molar-refractivity contribution < 1.29 is 9.16 Å². The molecule has 0 aromatic heterocycles. The van der Waals surface area contributed by atoms with Gasteiger partial charge in [0.15, 0.2) is 8.32 Å². The van der Waals surface area contributed by atoms with Crippen molar-refractivity contribution in [2.75, 3.05) is 11.9 Å². The maximum absolute atomic E-state index is 6.54. The molecule has 0 spiro atoms. The quantitative estimate of drug-likeness (QED) is 0.396. The molecule has 1 aromatic carbocycles. The summed E-state index contributed by atoms with van der Waals surface area (Å²) in [7, 11) is -1.74. The Morgan fingerprint density at radius 1 is 1.14 bits per heavy atom. The highest BCUT2D eigenvalue weighted by Gasteiger charge is 2.39. The van der Waals surface area contributed by atoms with E-state index >= 15 is 0 Å². The average molecular weight is 387 g/mol. The third-order valence-corrected chi connectivity index (χ3v) is 9.44. The van der Waals surface area contributed by atoms with E-state index in [0.717, 1.165) is 18.2 Å². The molecule has 0 radical (unpaired) electrons. The fourth-order valence-corrected chi connectivity index (χ4v) is 3.65. The van der Waals surface area contributed by atoms with Crippen LogP contribution in [-0.2, 0) is 15.8 Å². The molecule has 0 unspecified atom stereocenters. The predicted molar refractivity (Wildman–Crippen MR) is 101 cm³/mol. The van der Waals surface area contributed by atoms with Gasteiger partial charge in [0.25, 0.3) is 0 Å². The standard InChI is InChI=1S/C18H31BrO2Si/c1-18(2,3)22(4,5)21-17(12-9-13-19)15-20-14-16-10-7-6-8-11-16/h6-8,10-11,17H,9,12-15H2,1-5H3/t17-/m1/s1. The molecule has 0 saturated carbocycles. The molecular weight excluding hydrogens is 356 g/mol. The first kappa shape index (κ1) is 19.9. The van der Waals surface area contributed by atoms with Crippen LogP contribution in [0.5, 0.6) is 0 Å². The van der Waals surface area contributed by atoms with E-state index in [4.69, 9.17) is 9.16 Å². The number of halogens is 1. The summed E-state index contributed by atoms with van der Waals surface area (Å²) in [5, 5.41) is 1.25. The highest BCUT2D eigenvalue weighted by atomic mass is 79.9. The lowest BCUT2D eigenvalue weighted by Crippen LogP contribution is -2.45. The van der Waals surface area contributed by atoms with Crippen LogP contribution in [0.4, 0.5) is 0 Å². The zero-order valence-corrected chi connectivity index (χ0v) is 17.3. The monoisotopic (exact) mass is 386 g/mol. The van der Waals surface area contributed by atoms with Crippen molar-refractivity contribution in [3.8, 4) is 0 Å². The molecule has 0 heterocycles. The van der Waals surface area contributed by atoms with Gasteiger partial charge in [-0.1, -0.05) is 67.0 Å². The van der Waals surface area contributed by atoms with Crippen LogP contribution in [0.2, 0.25) is 18.1 Å². The summed E-state index contributed by atoms with van der Waals surface area (Å²) in [6.07, 6.45) is 2.36. The van der Waals surface area contributed by atoms with Crippen LogP contribution in [0.25, 0.3) is 0 Å². The van der Waals surface area contributed by atoms with Crippen LogP contribution in [-0.4, -0.2) is 26.4 Å². The van der Waals surface area contributed by atoms with Gasteiger partial charge in [-0.25, -0.2) is 0 Å². The van der Waals surface area contributed by atoms with Gasteiger partial charge in [-0.15, -0.1) is 0 Å². The second kappa shape index (κ2) is 9.21. The molecule has 22 heavy (non-hydrogen) atoms. The fourth-order valence-electron chi connectivity index (χ4n) is 1.96. The largest absolute Gasteiger partial charge is 0.412 e. The molecule has 0 amide bonds. The minimum Gasteiger partial charge on any atom is -0.412 e. The van der Waals surface area contributed by atoms with Crippen molar-refractivity contribution in [3.63, 3.8) is 0 Å². The molecule has 0 bridgehead atoms. The number of alkyl halides is 1. The molecule has 126 valence electrons. The number of rotatable bonds is 9. The predicted octanol–water partition coefficient (Wildman–Crippen LogP) is 5.77. The Labute approximate surface area is 145 Å². The van der Waals surface area contributed by atoms with Crippen LogP contribution < -0.4 is 0 Å². The van der Waals surface area contributed by atoms with Crippen molar-refractivity contribution >= 4 is 24.2 Å². The maximum Gasteiger partial charge on any atom is 0.192 e. The molecule has 2 nitrogen and oxygen atoms in total. The zero-order valence-electron chi connectivity index (χ0n) is 14.7. The highest BCUT2D eigenvalue weighted by molar-refractivity contribution is 9.09. The summed E-state index contributed by atoms with van der Waals surface area (Å²) in [5.41, 5.74) is 1.22. The first-order valence-corrected chi connectivity index (χ1v) is 12.1. The van der Waals surface area contributed by atoms with Crippen LogP contribution in [0.3, 0.4) is 0 Å². The lowest BCUT2D eigenvalue weighted by Gasteiger charge is -2.39. The van der Waals surface area contributed by atoms with Gasteiger partial charge in [-0.3, -0.25) is 0 Å². The Morgan fingerprint density at radius 2 is 1.77 bits per heavy atom. The van der Waals surface area contributed by atoms with E-state index in [1.807, 2.05) is 18.2 Å². The first-order valence-electron chi connectivity index (χ1n) is 8.12. The summed E-state index contributed by atoms with van der Waals surface area (Å²) in [5.74, 6) is 0. The second-order valence-corrected chi connectivity index (χ2v) is 12.9. The Kier molecular flexibility index (Phi) is 8.32. The SMILES string of the molecule is CC(C)(C)[Si](C)(C)O[C@H](CCCBr)COCc1ccccc1. The lowest BCUT2D eigenvalue weighted by atomic mass is 10.2. The molecule has 0 aliphatic rings. The molecule has 0 N–H and O–H groups in total. The lowest BCUT2D eigenvalue weighted by molar-refractivity contribution is 0.0304. The molecule has 1 aromatic rings. The van der Waals surface area contributed by atoms with E-state index in [9.17, 15) is 0 Å². The molecule has 0 aliphatic carbocycles. The van der Waals surface area contributed by atoms with Gasteiger partial charge in [0.2, 0.25) is 0 Å². The van der Waals surface area contributed by atoms with Crippen LogP contribution in [0, 0.1) is 0 Å². The number of benzene rings is 1. The van der Waals surface area contributed by atoms with Gasteiger partial charge in [-0.05, 0) is 36.5 Å². The summed E-state index contributed by atoms with van der Waals surface area (Å²) < 4.78 is 12.5. The van der Waals surface area contributed by atoms with Gasteiger partial charge in [0.1, 0.15) is 0 Å². The van der Waals surface area contributed by atoms with Crippen molar-refractivity contribution in [1.82, 2.24) is 0 Å². The van der Waals surface area contributed by atoms with Gasteiger partial charge >= 0.3 is 0 Å². The molecule has 0 aliphatic heterocycles. The van der Waals surface area contributed by atoms with Gasteiger partial charge in [0.05, 0.1) is 19.3 Å². The fraction of sp³-hybridized carbons (Fsp3) is 0.667. The Morgan fingerprint density at radius 3 is 2.32 bits per heavy atom. The minimum atomic E-state index is -1.74. The Bertz CT molecular complexity index is 415. The summed E-state index contributed by atoms with van der Waals surface area (Å²) in [6.45, 7) is 12.8. The summed E-state index contributed by atoms with van der Waals surface area (Å²) in [6, 6.07) is 10.3. The van der Waals surface area contributed by atoms with E-state index in [2.05, 4.69) is 61.9 Å². The first-order chi connectivity index (χ1) is 10.3. The van der Waals surface area contributed by atoms with E-state index < -0.39 is 8.32 Å². The Hall–Kier alpha value is -0.163. The summed E-state index contributed by atoms with van der Waals surface area (Å²) >= 11 is 3.52. The average Bonchev–Trinajstić information content (AvgIpc) is 2.44. The van der Waals surface area contributed by atoms with E-state index in [-0.39, 0.29) is 11.1 Å². The molecular formula is C18H31BrO2Si. The number of hydrogen-bond donors (Lipinski definition) is 0. The molecule has 1 atom stereocenters. The smallest absolute Gasteiger partial charge is 0.192 e. The Balaban J connectivity index is 2.53. The maximum atomic E-state index is 6.54. The second-order valence-electron chi connectivity index (χ2n) is 7.33. The number of ether oxygens (including phenoxy) is 1. The van der Waals surface area contributed by atoms with E-state index in [1.165, 1.54) is 5.56 Å². The number of hydrogen-bond acceptors (Lipinski definition) is 2. The van der Waals surface area contributed by atoms with Crippen LogP contribution in [0.15, 0.2) is 30.3 Å². The third kappa shape index (κ3) is 6.94. The topological polar surface area (TPSA) is 18.5 Å². The highest BCUT2D eigenvalue weighted by Crippen LogP contribution is 2.37. The van der Waals surface area contributed by atoms with Gasteiger partial charge in [-0.2, -0.15) is 0 Å². The van der Waals surface area contributed by atoms with Gasteiger partial charge < -0.3 is 9.16 Å².